The van der Waals surface area contributed by atoms with Crippen LogP contribution in [0.2, 0.25) is 0 Å². The van der Waals surface area contributed by atoms with Crippen LogP contribution in [-0.4, -0.2) is 39.8 Å². The second-order valence-corrected chi connectivity index (χ2v) is 7.23. The van der Waals surface area contributed by atoms with Crippen molar-refractivity contribution in [2.24, 2.45) is 5.92 Å². The molecule has 0 aromatic heterocycles. The van der Waals surface area contributed by atoms with Crippen molar-refractivity contribution in [2.75, 3.05) is 31.1 Å². The summed E-state index contributed by atoms with van der Waals surface area (Å²) < 4.78 is 26.3. The van der Waals surface area contributed by atoms with Gasteiger partial charge in [0.1, 0.15) is 0 Å². The highest BCUT2D eigenvalue weighted by atomic mass is 32.2. The summed E-state index contributed by atoms with van der Waals surface area (Å²) in [7, 11) is -3.38. The first-order valence-corrected chi connectivity index (χ1v) is 9.00. The molecular formula is C15H24N2O3S. The number of anilines is 1. The Balaban J connectivity index is 2.08. The Morgan fingerprint density at radius 1 is 1.33 bits per heavy atom. The maximum absolute atomic E-state index is 11.9. The number of sulfonamides is 1. The van der Waals surface area contributed by atoms with Gasteiger partial charge in [0, 0.05) is 31.9 Å². The molecule has 5 nitrogen and oxygen atoms in total. The number of piperidine rings is 1. The maximum atomic E-state index is 11.9. The highest BCUT2D eigenvalue weighted by Crippen LogP contribution is 2.25. The van der Waals surface area contributed by atoms with Gasteiger partial charge in [-0.15, -0.1) is 0 Å². The third-order valence-electron chi connectivity index (χ3n) is 3.90. The van der Waals surface area contributed by atoms with E-state index in [0.29, 0.717) is 17.4 Å². The smallest absolute Gasteiger partial charge is 0.240 e. The van der Waals surface area contributed by atoms with E-state index in [0.717, 1.165) is 38.0 Å². The minimum absolute atomic E-state index is 0.234. The van der Waals surface area contributed by atoms with Crippen LogP contribution in [-0.2, 0) is 10.0 Å². The second-order valence-electron chi connectivity index (χ2n) is 5.46. The number of hydrogen-bond donors (Lipinski definition) is 2. The van der Waals surface area contributed by atoms with E-state index >= 15 is 0 Å². The molecule has 1 atom stereocenters. The molecule has 1 heterocycles. The summed E-state index contributed by atoms with van der Waals surface area (Å²) in [6.45, 7) is 4.31. The number of aliphatic hydroxyl groups is 1. The third-order valence-corrected chi connectivity index (χ3v) is 5.46. The molecule has 0 amide bonds. The Labute approximate surface area is 127 Å². The van der Waals surface area contributed by atoms with Crippen molar-refractivity contribution in [1.29, 1.82) is 0 Å². The van der Waals surface area contributed by atoms with Gasteiger partial charge in [0.25, 0.3) is 0 Å². The average molecular weight is 312 g/mol. The van der Waals surface area contributed by atoms with Gasteiger partial charge in [0.15, 0.2) is 0 Å². The number of benzene rings is 1. The van der Waals surface area contributed by atoms with E-state index in [-0.39, 0.29) is 6.61 Å². The summed E-state index contributed by atoms with van der Waals surface area (Å²) in [6.07, 6.45) is 3.11. The molecule has 2 N–H and O–H groups in total. The summed E-state index contributed by atoms with van der Waals surface area (Å²) in [5.74, 6) is 0.522. The molecule has 6 heteroatoms. The minimum Gasteiger partial charge on any atom is -0.396 e. The molecule has 1 fully saturated rings. The molecule has 0 aliphatic carbocycles. The predicted molar refractivity (Wildman–Crippen MR) is 83.9 cm³/mol. The zero-order valence-electron chi connectivity index (χ0n) is 12.5. The molecule has 0 radical (unpaired) electrons. The van der Waals surface area contributed by atoms with E-state index in [4.69, 9.17) is 5.11 Å². The van der Waals surface area contributed by atoms with E-state index in [9.17, 15) is 8.42 Å². The highest BCUT2D eigenvalue weighted by molar-refractivity contribution is 7.89. The van der Waals surface area contributed by atoms with Crippen LogP contribution in [0.15, 0.2) is 29.2 Å². The lowest BCUT2D eigenvalue weighted by atomic mass is 9.95. The SMILES string of the molecule is CCNS(=O)(=O)c1ccc(N2CCCC(CCO)C2)cc1. The number of nitrogens with zero attached hydrogens (tertiary/aromatic N) is 1. The van der Waals surface area contributed by atoms with Crippen LogP contribution in [0.3, 0.4) is 0 Å². The molecule has 118 valence electrons. The molecule has 2 rings (SSSR count). The van der Waals surface area contributed by atoms with Crippen LogP contribution < -0.4 is 9.62 Å². The zero-order chi connectivity index (χ0) is 15.3. The van der Waals surface area contributed by atoms with Crippen molar-refractivity contribution >= 4 is 15.7 Å². The van der Waals surface area contributed by atoms with Gasteiger partial charge in [-0.3, -0.25) is 0 Å². The van der Waals surface area contributed by atoms with E-state index in [1.165, 1.54) is 0 Å². The lowest BCUT2D eigenvalue weighted by Gasteiger charge is -2.34. The van der Waals surface area contributed by atoms with Gasteiger partial charge in [0.2, 0.25) is 10.0 Å². The monoisotopic (exact) mass is 312 g/mol. The second kappa shape index (κ2) is 7.24. The van der Waals surface area contributed by atoms with Gasteiger partial charge in [-0.05, 0) is 49.4 Å². The van der Waals surface area contributed by atoms with Gasteiger partial charge in [-0.25, -0.2) is 13.1 Å². The molecule has 1 aromatic carbocycles. The average Bonchev–Trinajstić information content (AvgIpc) is 2.48. The third kappa shape index (κ3) is 4.18. The van der Waals surface area contributed by atoms with E-state index in [1.54, 1.807) is 19.1 Å². The van der Waals surface area contributed by atoms with Crippen molar-refractivity contribution in [3.8, 4) is 0 Å². The molecule has 1 saturated heterocycles. The van der Waals surface area contributed by atoms with Crippen LogP contribution in [0.5, 0.6) is 0 Å². The van der Waals surface area contributed by atoms with E-state index in [1.807, 2.05) is 12.1 Å². The molecule has 1 unspecified atom stereocenters. The van der Waals surface area contributed by atoms with Gasteiger partial charge < -0.3 is 10.0 Å². The first-order chi connectivity index (χ1) is 10.1. The van der Waals surface area contributed by atoms with Gasteiger partial charge in [-0.1, -0.05) is 6.92 Å². The lowest BCUT2D eigenvalue weighted by molar-refractivity contribution is 0.244. The van der Waals surface area contributed by atoms with Gasteiger partial charge >= 0.3 is 0 Å². The first-order valence-electron chi connectivity index (χ1n) is 7.52. The molecule has 0 spiro atoms. The standard InChI is InChI=1S/C15H24N2O3S/c1-2-16-21(19,20)15-7-5-14(6-8-15)17-10-3-4-13(12-17)9-11-18/h5-8,13,16,18H,2-4,9-12H2,1H3. The summed E-state index contributed by atoms with van der Waals surface area (Å²) in [5.41, 5.74) is 1.05. The van der Waals surface area contributed by atoms with Crippen molar-refractivity contribution in [3.63, 3.8) is 0 Å². The number of aliphatic hydroxyl groups excluding tert-OH is 1. The highest BCUT2D eigenvalue weighted by Gasteiger charge is 2.20. The Kier molecular flexibility index (Phi) is 5.61. The number of hydrogen-bond acceptors (Lipinski definition) is 4. The van der Waals surface area contributed by atoms with E-state index in [2.05, 4.69) is 9.62 Å². The Hall–Kier alpha value is -1.11. The van der Waals surface area contributed by atoms with Gasteiger partial charge in [-0.2, -0.15) is 0 Å². The summed E-state index contributed by atoms with van der Waals surface area (Å²) >= 11 is 0. The molecule has 1 aliphatic rings. The van der Waals surface area contributed by atoms with E-state index < -0.39 is 10.0 Å². The number of rotatable bonds is 6. The Morgan fingerprint density at radius 3 is 2.67 bits per heavy atom. The van der Waals surface area contributed by atoms with Crippen LogP contribution in [0.25, 0.3) is 0 Å². The van der Waals surface area contributed by atoms with Crippen molar-refractivity contribution in [1.82, 2.24) is 4.72 Å². The predicted octanol–water partition coefficient (Wildman–Crippen LogP) is 1.58. The molecule has 21 heavy (non-hydrogen) atoms. The Morgan fingerprint density at radius 2 is 2.05 bits per heavy atom. The van der Waals surface area contributed by atoms with Crippen LogP contribution in [0.1, 0.15) is 26.2 Å². The fourth-order valence-corrected chi connectivity index (χ4v) is 3.87. The molecule has 0 bridgehead atoms. The maximum Gasteiger partial charge on any atom is 0.240 e. The molecule has 1 aliphatic heterocycles. The lowest BCUT2D eigenvalue weighted by Crippen LogP contribution is -2.35. The largest absolute Gasteiger partial charge is 0.396 e. The minimum atomic E-state index is -3.38. The van der Waals surface area contributed by atoms with Crippen molar-refractivity contribution in [3.05, 3.63) is 24.3 Å². The first kappa shape index (κ1) is 16.3. The fourth-order valence-electron chi connectivity index (χ4n) is 2.83. The molecule has 1 aromatic rings. The zero-order valence-corrected chi connectivity index (χ0v) is 13.3. The summed E-state index contributed by atoms with van der Waals surface area (Å²) in [6, 6.07) is 7.04. The number of nitrogens with one attached hydrogen (secondary N) is 1. The normalized spacial score (nSPS) is 19.7. The quantitative estimate of drug-likeness (QED) is 0.837. The Bertz CT molecular complexity index is 541. The summed E-state index contributed by atoms with van der Waals surface area (Å²) in [4.78, 5) is 2.57. The van der Waals surface area contributed by atoms with Crippen molar-refractivity contribution in [2.45, 2.75) is 31.1 Å². The summed E-state index contributed by atoms with van der Waals surface area (Å²) in [5, 5.41) is 9.06. The topological polar surface area (TPSA) is 69.6 Å². The molecular weight excluding hydrogens is 288 g/mol. The van der Waals surface area contributed by atoms with Crippen LogP contribution in [0.4, 0.5) is 5.69 Å². The molecule has 0 saturated carbocycles. The van der Waals surface area contributed by atoms with Crippen molar-refractivity contribution < 1.29 is 13.5 Å². The van der Waals surface area contributed by atoms with Gasteiger partial charge in [0.05, 0.1) is 4.90 Å². The fraction of sp³-hybridized carbons (Fsp3) is 0.600. The van der Waals surface area contributed by atoms with Crippen LogP contribution in [0, 0.1) is 5.92 Å². The van der Waals surface area contributed by atoms with Crippen LogP contribution >= 0.6 is 0 Å².